The molecule has 5 aromatic carbocycles. The van der Waals surface area contributed by atoms with Gasteiger partial charge in [-0.25, -0.2) is 0 Å². The standard InChI is InChI=1S/C38H29N2PS/c1-38(2)32-18-11-17-31-30-16-9-10-19-35(30)40(37(31)32)36-23-20-26(24-33(36)38)34-22-21-29(25-39-34)41(42,27-12-5-3-6-13-27)28-14-7-4-8-15-28/h3-25H,1-2H3. The van der Waals surface area contributed by atoms with E-state index in [-0.39, 0.29) is 5.41 Å². The van der Waals surface area contributed by atoms with Crippen LogP contribution in [0.5, 0.6) is 0 Å². The second kappa shape index (κ2) is 9.36. The van der Waals surface area contributed by atoms with Crippen LogP contribution in [0.2, 0.25) is 0 Å². The fraction of sp³-hybridized carbons (Fsp3) is 0.0789. The van der Waals surface area contributed by atoms with Crippen LogP contribution in [0.25, 0.3) is 38.8 Å². The van der Waals surface area contributed by atoms with Crippen molar-refractivity contribution < 1.29 is 0 Å². The largest absolute Gasteiger partial charge is 0.309 e. The highest BCUT2D eigenvalue weighted by molar-refractivity contribution is 8.25. The van der Waals surface area contributed by atoms with Gasteiger partial charge in [0.2, 0.25) is 0 Å². The van der Waals surface area contributed by atoms with Crippen molar-refractivity contribution in [3.63, 3.8) is 0 Å². The Morgan fingerprint density at radius 2 is 1.29 bits per heavy atom. The van der Waals surface area contributed by atoms with Crippen molar-refractivity contribution >= 4 is 55.6 Å². The molecule has 0 atom stereocenters. The summed E-state index contributed by atoms with van der Waals surface area (Å²) in [6.45, 7) is 4.69. The number of rotatable bonds is 4. The maximum absolute atomic E-state index is 6.54. The van der Waals surface area contributed by atoms with Gasteiger partial charge in [0.05, 0.1) is 22.4 Å². The maximum Gasteiger partial charge on any atom is 0.0702 e. The van der Waals surface area contributed by atoms with Gasteiger partial charge in [-0.05, 0) is 52.1 Å². The first-order chi connectivity index (χ1) is 20.5. The lowest BCUT2D eigenvalue weighted by molar-refractivity contribution is 0.630. The molecule has 0 spiro atoms. The molecule has 7 aromatic rings. The van der Waals surface area contributed by atoms with E-state index < -0.39 is 6.04 Å². The van der Waals surface area contributed by atoms with E-state index >= 15 is 0 Å². The number of nitrogens with zero attached hydrogens (tertiary/aromatic N) is 2. The van der Waals surface area contributed by atoms with E-state index in [4.69, 9.17) is 16.8 Å². The van der Waals surface area contributed by atoms with Crippen LogP contribution in [0.15, 0.2) is 140 Å². The Kier molecular flexibility index (Phi) is 5.66. The summed E-state index contributed by atoms with van der Waals surface area (Å²) < 4.78 is 2.46. The van der Waals surface area contributed by atoms with Crippen molar-refractivity contribution in [2.24, 2.45) is 0 Å². The van der Waals surface area contributed by atoms with E-state index in [1.807, 2.05) is 18.3 Å². The molecule has 0 saturated heterocycles. The number of hydrogen-bond donors (Lipinski definition) is 0. The summed E-state index contributed by atoms with van der Waals surface area (Å²) >= 11 is 6.54. The monoisotopic (exact) mass is 576 g/mol. The highest BCUT2D eigenvalue weighted by Crippen LogP contribution is 2.48. The first kappa shape index (κ1) is 25.4. The van der Waals surface area contributed by atoms with Crippen molar-refractivity contribution in [3.8, 4) is 16.9 Å². The fourth-order valence-electron chi connectivity index (χ4n) is 6.78. The van der Waals surface area contributed by atoms with Gasteiger partial charge >= 0.3 is 0 Å². The Balaban J connectivity index is 1.27. The highest BCUT2D eigenvalue weighted by atomic mass is 32.4. The topological polar surface area (TPSA) is 17.8 Å². The zero-order valence-electron chi connectivity index (χ0n) is 23.5. The lowest BCUT2D eigenvalue weighted by Gasteiger charge is -2.35. The van der Waals surface area contributed by atoms with Crippen molar-refractivity contribution in [3.05, 3.63) is 151 Å². The molecular weight excluding hydrogens is 547 g/mol. The molecule has 2 aromatic heterocycles. The lowest BCUT2D eigenvalue weighted by atomic mass is 9.74. The van der Waals surface area contributed by atoms with Gasteiger partial charge in [-0.2, -0.15) is 0 Å². The zero-order valence-corrected chi connectivity index (χ0v) is 25.2. The van der Waals surface area contributed by atoms with E-state index in [9.17, 15) is 0 Å². The Morgan fingerprint density at radius 1 is 0.619 bits per heavy atom. The Hall–Kier alpha value is -4.30. The predicted octanol–water partition coefficient (Wildman–Crippen LogP) is 8.24. The molecule has 1 aliphatic rings. The van der Waals surface area contributed by atoms with E-state index in [0.29, 0.717) is 0 Å². The van der Waals surface area contributed by atoms with Gasteiger partial charge in [0.15, 0.2) is 0 Å². The molecule has 0 bridgehead atoms. The number of para-hydroxylation sites is 2. The third-order valence-corrected chi connectivity index (χ3v) is 13.9. The number of pyridine rings is 1. The van der Waals surface area contributed by atoms with Crippen molar-refractivity contribution in [2.75, 3.05) is 0 Å². The van der Waals surface area contributed by atoms with Gasteiger partial charge in [-0.3, -0.25) is 4.98 Å². The van der Waals surface area contributed by atoms with Crippen LogP contribution in [0, 0.1) is 0 Å². The number of fused-ring (bicyclic) bond motifs is 5. The minimum atomic E-state index is -2.24. The first-order valence-electron chi connectivity index (χ1n) is 14.3. The maximum atomic E-state index is 6.54. The summed E-state index contributed by atoms with van der Waals surface area (Å²) in [4.78, 5) is 5.04. The van der Waals surface area contributed by atoms with Crippen LogP contribution in [0.4, 0.5) is 0 Å². The summed E-state index contributed by atoms with van der Waals surface area (Å²) in [6, 6.07) is 45.5. The Bertz CT molecular complexity index is 2140. The number of benzene rings is 5. The molecule has 2 nitrogen and oxygen atoms in total. The molecule has 0 aliphatic carbocycles. The molecule has 8 rings (SSSR count). The predicted molar refractivity (Wildman–Crippen MR) is 182 cm³/mol. The summed E-state index contributed by atoms with van der Waals surface area (Å²) in [7, 11) is 0. The van der Waals surface area contributed by atoms with Gasteiger partial charge in [0.1, 0.15) is 0 Å². The second-order valence-electron chi connectivity index (χ2n) is 11.6. The molecule has 3 heterocycles. The van der Waals surface area contributed by atoms with Gasteiger partial charge in [0.25, 0.3) is 0 Å². The minimum absolute atomic E-state index is 0.156. The molecule has 0 N–H and O–H groups in total. The van der Waals surface area contributed by atoms with E-state index in [1.54, 1.807) is 0 Å². The summed E-state index contributed by atoms with van der Waals surface area (Å²) in [5.74, 6) is 0. The van der Waals surface area contributed by atoms with Crippen molar-refractivity contribution in [1.82, 2.24) is 9.55 Å². The highest BCUT2D eigenvalue weighted by Gasteiger charge is 2.35. The molecule has 0 unspecified atom stereocenters. The van der Waals surface area contributed by atoms with Gasteiger partial charge < -0.3 is 4.57 Å². The molecule has 0 radical (unpaired) electrons. The van der Waals surface area contributed by atoms with Gasteiger partial charge in [-0.15, -0.1) is 0 Å². The Labute approximate surface area is 251 Å². The molecule has 0 saturated carbocycles. The summed E-state index contributed by atoms with van der Waals surface area (Å²) in [6.07, 6.45) is 2.01. The normalized spacial score (nSPS) is 13.8. The van der Waals surface area contributed by atoms with Gasteiger partial charge in [-0.1, -0.05) is 129 Å². The molecule has 42 heavy (non-hydrogen) atoms. The summed E-state index contributed by atoms with van der Waals surface area (Å²) in [5, 5.41) is 6.08. The van der Waals surface area contributed by atoms with Crippen LogP contribution >= 0.6 is 6.04 Å². The van der Waals surface area contributed by atoms with Crippen LogP contribution in [0.3, 0.4) is 0 Å². The van der Waals surface area contributed by atoms with Crippen LogP contribution in [0.1, 0.15) is 25.0 Å². The second-order valence-corrected chi connectivity index (χ2v) is 16.0. The van der Waals surface area contributed by atoms with E-state index in [0.717, 1.165) is 16.6 Å². The van der Waals surface area contributed by atoms with E-state index in [2.05, 4.69) is 140 Å². The molecule has 1 aliphatic heterocycles. The number of hydrogen-bond acceptors (Lipinski definition) is 2. The van der Waals surface area contributed by atoms with Crippen molar-refractivity contribution in [1.29, 1.82) is 0 Å². The minimum Gasteiger partial charge on any atom is -0.309 e. The molecule has 0 amide bonds. The quantitative estimate of drug-likeness (QED) is 0.197. The number of aromatic nitrogens is 2. The SMILES string of the molecule is CC1(C)c2cc(-c3ccc(P(=S)(c4ccccc4)c4ccccc4)cn3)ccc2-n2c3ccccc3c3cccc1c32. The van der Waals surface area contributed by atoms with E-state index in [1.165, 1.54) is 49.2 Å². The average Bonchev–Trinajstić information content (AvgIpc) is 3.39. The lowest BCUT2D eigenvalue weighted by Crippen LogP contribution is -2.26. The molecule has 202 valence electrons. The molecule has 4 heteroatoms. The fourth-order valence-corrected chi connectivity index (χ4v) is 10.4. The molecular formula is C38H29N2PS. The van der Waals surface area contributed by atoms with Crippen LogP contribution in [-0.4, -0.2) is 9.55 Å². The van der Waals surface area contributed by atoms with Gasteiger partial charge in [0, 0.05) is 39.3 Å². The van der Waals surface area contributed by atoms with Crippen LogP contribution in [-0.2, 0) is 17.2 Å². The smallest absolute Gasteiger partial charge is 0.0702 e. The summed E-state index contributed by atoms with van der Waals surface area (Å²) in [5.41, 5.74) is 8.40. The third kappa shape index (κ3) is 3.57. The molecule has 0 fully saturated rings. The van der Waals surface area contributed by atoms with Crippen LogP contribution < -0.4 is 15.9 Å². The average molecular weight is 577 g/mol. The first-order valence-corrected chi connectivity index (χ1v) is 17.1. The zero-order chi connectivity index (χ0) is 28.5. The van der Waals surface area contributed by atoms with Crippen molar-refractivity contribution in [2.45, 2.75) is 19.3 Å². The third-order valence-electron chi connectivity index (χ3n) is 8.93. The Morgan fingerprint density at radius 3 is 1.98 bits per heavy atom.